The zero-order valence-corrected chi connectivity index (χ0v) is 17.2. The molecule has 4 heteroatoms. The van der Waals surface area contributed by atoms with Crippen LogP contribution in [-0.2, 0) is 20.9 Å². The minimum Gasteiger partial charge on any atom is -0.465 e. The number of carbonyl (C=O) groups is 2. The maximum Gasteiger partial charge on any atom is 0.319 e. The van der Waals surface area contributed by atoms with E-state index < -0.39 is 5.41 Å². The van der Waals surface area contributed by atoms with Gasteiger partial charge in [-0.05, 0) is 50.2 Å². The van der Waals surface area contributed by atoms with E-state index >= 15 is 0 Å². The predicted molar refractivity (Wildman–Crippen MR) is 111 cm³/mol. The summed E-state index contributed by atoms with van der Waals surface area (Å²) in [5.41, 5.74) is 1.47. The normalized spacial score (nSPS) is 21.1. The molecule has 2 aliphatic rings. The Balaban J connectivity index is 1.78. The predicted octanol–water partition coefficient (Wildman–Crippen LogP) is 4.31. The zero-order valence-electron chi connectivity index (χ0n) is 17.2. The third-order valence-corrected chi connectivity index (χ3v) is 5.82. The number of rotatable bonds is 9. The van der Waals surface area contributed by atoms with Crippen molar-refractivity contribution < 1.29 is 14.3 Å². The van der Waals surface area contributed by atoms with Crippen molar-refractivity contribution in [3.05, 3.63) is 59.7 Å². The summed E-state index contributed by atoms with van der Waals surface area (Å²) in [6, 6.07) is 9.84. The van der Waals surface area contributed by atoms with Crippen molar-refractivity contribution in [2.24, 2.45) is 11.3 Å². The van der Waals surface area contributed by atoms with Crippen LogP contribution in [0.1, 0.15) is 45.6 Å². The third-order valence-electron chi connectivity index (χ3n) is 5.82. The molecule has 1 fully saturated rings. The lowest BCUT2D eigenvalue weighted by Crippen LogP contribution is -2.45. The van der Waals surface area contributed by atoms with Crippen molar-refractivity contribution in [1.29, 1.82) is 0 Å². The average molecular weight is 382 g/mol. The summed E-state index contributed by atoms with van der Waals surface area (Å²) in [5, 5.41) is 0. The van der Waals surface area contributed by atoms with Gasteiger partial charge in [0.05, 0.1) is 12.6 Å². The molecule has 3 rings (SSSR count). The van der Waals surface area contributed by atoms with Crippen molar-refractivity contribution in [2.45, 2.75) is 52.6 Å². The van der Waals surface area contributed by atoms with Gasteiger partial charge in [-0.2, -0.15) is 0 Å². The molecule has 1 saturated carbocycles. The average Bonchev–Trinajstić information content (AvgIpc) is 3.51. The zero-order chi connectivity index (χ0) is 20.1. The van der Waals surface area contributed by atoms with Crippen molar-refractivity contribution in [3.63, 3.8) is 0 Å². The number of ketones is 1. The first-order valence-electron chi connectivity index (χ1n) is 10.3. The Kier molecular flexibility index (Phi) is 6.50. The van der Waals surface area contributed by atoms with Gasteiger partial charge in [-0.15, -0.1) is 0 Å². The van der Waals surface area contributed by atoms with Crippen LogP contribution in [0.2, 0.25) is 0 Å². The van der Waals surface area contributed by atoms with Crippen LogP contribution < -0.4 is 0 Å². The summed E-state index contributed by atoms with van der Waals surface area (Å²) < 4.78 is 5.20. The molecular formula is C24H31NO3. The standard InChI is InChI=1S/C24H31NO3/c1-4-28-23(27)24(14-15-24)22(26)19(3)25(16-20-8-6-5-7-9-20)17-21-12-10-18(2)11-13-21/h5-10,12-13,18-19H,4,11,14-17H2,1-3H3. The molecule has 1 aromatic rings. The summed E-state index contributed by atoms with van der Waals surface area (Å²) >= 11 is 0. The summed E-state index contributed by atoms with van der Waals surface area (Å²) in [4.78, 5) is 27.9. The van der Waals surface area contributed by atoms with Gasteiger partial charge in [0.1, 0.15) is 5.41 Å². The summed E-state index contributed by atoms with van der Waals surface area (Å²) in [6.07, 6.45) is 8.89. The number of Topliss-reactive ketones (excluding diaryl/α,β-unsaturated/α-hetero) is 1. The fraction of sp³-hybridized carbons (Fsp3) is 0.500. The van der Waals surface area contributed by atoms with E-state index in [9.17, 15) is 9.59 Å². The first kappa shape index (κ1) is 20.5. The van der Waals surface area contributed by atoms with Crippen molar-refractivity contribution >= 4 is 11.8 Å². The molecule has 2 atom stereocenters. The van der Waals surface area contributed by atoms with E-state index in [2.05, 4.69) is 42.2 Å². The third kappa shape index (κ3) is 4.61. The summed E-state index contributed by atoms with van der Waals surface area (Å²) in [5.74, 6) is 0.205. The summed E-state index contributed by atoms with van der Waals surface area (Å²) in [7, 11) is 0. The van der Waals surface area contributed by atoms with Gasteiger partial charge in [-0.3, -0.25) is 14.5 Å². The van der Waals surface area contributed by atoms with Crippen molar-refractivity contribution in [2.75, 3.05) is 13.2 Å². The molecule has 4 nitrogen and oxygen atoms in total. The molecular weight excluding hydrogens is 350 g/mol. The van der Waals surface area contributed by atoms with Gasteiger partial charge in [0.2, 0.25) is 0 Å². The second-order valence-electron chi connectivity index (χ2n) is 8.08. The molecule has 0 heterocycles. The fourth-order valence-electron chi connectivity index (χ4n) is 3.78. The number of esters is 1. The fourth-order valence-corrected chi connectivity index (χ4v) is 3.78. The van der Waals surface area contributed by atoms with Gasteiger partial charge in [-0.1, -0.05) is 55.5 Å². The van der Waals surface area contributed by atoms with E-state index in [-0.39, 0.29) is 17.8 Å². The van der Waals surface area contributed by atoms with Crippen LogP contribution in [-0.4, -0.2) is 35.8 Å². The molecule has 28 heavy (non-hydrogen) atoms. The number of hydrogen-bond donors (Lipinski definition) is 0. The SMILES string of the molecule is CCOC(=O)C1(C(=O)C(C)N(CC2=CCC(C)C=C2)Cc2ccccc2)CC1. The topological polar surface area (TPSA) is 46.6 Å². The Morgan fingerprint density at radius 1 is 1.21 bits per heavy atom. The largest absolute Gasteiger partial charge is 0.465 e. The number of hydrogen-bond acceptors (Lipinski definition) is 4. The van der Waals surface area contributed by atoms with Gasteiger partial charge >= 0.3 is 5.97 Å². The minimum atomic E-state index is -0.921. The van der Waals surface area contributed by atoms with Crippen LogP contribution in [0, 0.1) is 11.3 Å². The van der Waals surface area contributed by atoms with E-state index in [0.29, 0.717) is 38.5 Å². The van der Waals surface area contributed by atoms with Crippen molar-refractivity contribution in [3.8, 4) is 0 Å². The molecule has 0 aliphatic heterocycles. The minimum absolute atomic E-state index is 0.00404. The maximum atomic E-state index is 13.3. The van der Waals surface area contributed by atoms with Crippen LogP contribution in [0.3, 0.4) is 0 Å². The van der Waals surface area contributed by atoms with Gasteiger partial charge in [0.25, 0.3) is 0 Å². The van der Waals surface area contributed by atoms with E-state index in [0.717, 1.165) is 12.0 Å². The molecule has 2 aliphatic carbocycles. The first-order chi connectivity index (χ1) is 13.5. The number of benzene rings is 1. The molecule has 0 spiro atoms. The molecule has 0 saturated heterocycles. The van der Waals surface area contributed by atoms with Gasteiger partial charge in [0, 0.05) is 13.1 Å². The molecule has 0 radical (unpaired) electrons. The first-order valence-corrected chi connectivity index (χ1v) is 10.3. The Morgan fingerprint density at radius 2 is 1.93 bits per heavy atom. The highest BCUT2D eigenvalue weighted by molar-refractivity contribution is 6.08. The molecule has 150 valence electrons. The van der Waals surface area contributed by atoms with E-state index in [4.69, 9.17) is 4.74 Å². The maximum absolute atomic E-state index is 13.3. The Labute approximate surface area is 168 Å². The monoisotopic (exact) mass is 381 g/mol. The Hall–Kier alpha value is -2.20. The number of allylic oxidation sites excluding steroid dienone is 2. The van der Waals surface area contributed by atoms with Crippen LogP contribution in [0.25, 0.3) is 0 Å². The van der Waals surface area contributed by atoms with E-state index in [1.807, 2.05) is 25.1 Å². The Morgan fingerprint density at radius 3 is 2.50 bits per heavy atom. The lowest BCUT2D eigenvalue weighted by molar-refractivity contribution is -0.155. The van der Waals surface area contributed by atoms with E-state index in [1.54, 1.807) is 6.92 Å². The second-order valence-corrected chi connectivity index (χ2v) is 8.08. The highest BCUT2D eigenvalue weighted by Crippen LogP contribution is 2.49. The van der Waals surface area contributed by atoms with Gasteiger partial charge < -0.3 is 4.74 Å². The number of nitrogens with zero attached hydrogens (tertiary/aromatic N) is 1. The van der Waals surface area contributed by atoms with Gasteiger partial charge in [0.15, 0.2) is 5.78 Å². The highest BCUT2D eigenvalue weighted by atomic mass is 16.5. The van der Waals surface area contributed by atoms with Crippen LogP contribution >= 0.6 is 0 Å². The summed E-state index contributed by atoms with van der Waals surface area (Å²) in [6.45, 7) is 7.60. The molecule has 1 aromatic carbocycles. The number of ether oxygens (including phenoxy) is 1. The molecule has 0 bridgehead atoms. The molecule has 0 amide bonds. The quantitative estimate of drug-likeness (QED) is 0.472. The molecule has 2 unspecified atom stereocenters. The Bertz CT molecular complexity index is 761. The highest BCUT2D eigenvalue weighted by Gasteiger charge is 2.59. The van der Waals surface area contributed by atoms with Crippen molar-refractivity contribution in [1.82, 2.24) is 4.90 Å². The van der Waals surface area contributed by atoms with E-state index in [1.165, 1.54) is 5.57 Å². The lowest BCUT2D eigenvalue weighted by Gasteiger charge is -2.31. The smallest absolute Gasteiger partial charge is 0.319 e. The van der Waals surface area contributed by atoms with Crippen LogP contribution in [0.4, 0.5) is 0 Å². The molecule has 0 N–H and O–H groups in total. The van der Waals surface area contributed by atoms with Gasteiger partial charge in [-0.25, -0.2) is 0 Å². The molecule has 0 aromatic heterocycles. The van der Waals surface area contributed by atoms with Crippen LogP contribution in [0.15, 0.2) is 54.1 Å². The number of carbonyl (C=O) groups excluding carboxylic acids is 2. The van der Waals surface area contributed by atoms with Crippen LogP contribution in [0.5, 0.6) is 0 Å². The second kappa shape index (κ2) is 8.87. The lowest BCUT2D eigenvalue weighted by atomic mass is 9.93.